The molecule has 0 N–H and O–H groups in total. The van der Waals surface area contributed by atoms with E-state index >= 15 is 0 Å². The molecule has 2 aliphatic rings. The van der Waals surface area contributed by atoms with Gasteiger partial charge < -0.3 is 0 Å². The van der Waals surface area contributed by atoms with E-state index in [9.17, 15) is 4.79 Å². The lowest BCUT2D eigenvalue weighted by molar-refractivity contribution is -0.129. The van der Waals surface area contributed by atoms with E-state index in [0.717, 1.165) is 12.8 Å². The normalized spacial score (nSPS) is 34.0. The molecule has 2 aliphatic carbocycles. The number of ketones is 1. The van der Waals surface area contributed by atoms with Gasteiger partial charge in [0.25, 0.3) is 0 Å². The Bertz CT molecular complexity index is 768. The Morgan fingerprint density at radius 3 is 2.71 bits per heavy atom. The molecule has 6 heteroatoms. The summed E-state index contributed by atoms with van der Waals surface area (Å²) in [6, 6.07) is 3.46. The molecule has 2 aromatic heterocycles. The molecule has 2 saturated carbocycles. The maximum Gasteiger partial charge on any atom is 0.178 e. The lowest BCUT2D eigenvalue weighted by Gasteiger charge is -2.32. The van der Waals surface area contributed by atoms with Crippen LogP contribution in [0.3, 0.4) is 0 Å². The summed E-state index contributed by atoms with van der Waals surface area (Å²) in [5.74, 6) is 0.988. The number of carbonyl (C=O) groups excluding carboxylic acids is 1. The minimum Gasteiger partial charge on any atom is -0.298 e. The molecular formula is C15H17ClN4O. The summed E-state index contributed by atoms with van der Waals surface area (Å²) in [5.41, 5.74) is 0.347. The summed E-state index contributed by atoms with van der Waals surface area (Å²) in [5, 5.41) is 13.0. The van der Waals surface area contributed by atoms with Crippen molar-refractivity contribution in [3.8, 4) is 0 Å². The molecule has 2 fully saturated rings. The van der Waals surface area contributed by atoms with Crippen molar-refractivity contribution in [2.75, 3.05) is 0 Å². The van der Waals surface area contributed by atoms with E-state index in [4.69, 9.17) is 11.6 Å². The van der Waals surface area contributed by atoms with Crippen molar-refractivity contribution in [3.63, 3.8) is 0 Å². The first-order valence-electron chi connectivity index (χ1n) is 7.28. The molecule has 2 aromatic rings. The van der Waals surface area contributed by atoms with E-state index < -0.39 is 0 Å². The van der Waals surface area contributed by atoms with Crippen LogP contribution < -0.4 is 0 Å². The van der Waals surface area contributed by atoms with Gasteiger partial charge in [-0.1, -0.05) is 32.4 Å². The number of nitrogens with zero attached hydrogens (tertiary/aromatic N) is 4. The van der Waals surface area contributed by atoms with Gasteiger partial charge in [0.1, 0.15) is 10.9 Å². The summed E-state index contributed by atoms with van der Waals surface area (Å²) in [4.78, 5) is 13.0. The molecule has 110 valence electrons. The highest BCUT2D eigenvalue weighted by Gasteiger charge is 2.67. The Kier molecular flexibility index (Phi) is 2.40. The van der Waals surface area contributed by atoms with Crippen LogP contribution >= 0.6 is 11.6 Å². The van der Waals surface area contributed by atoms with Crippen molar-refractivity contribution in [2.24, 2.45) is 16.7 Å². The number of hydrogen-bond acceptors (Lipinski definition) is 4. The van der Waals surface area contributed by atoms with Crippen molar-refractivity contribution in [3.05, 3.63) is 23.1 Å². The van der Waals surface area contributed by atoms with E-state index in [1.807, 2.05) is 0 Å². The van der Waals surface area contributed by atoms with Crippen LogP contribution in [0.25, 0.3) is 5.65 Å². The highest BCUT2D eigenvalue weighted by Crippen LogP contribution is 2.67. The fraction of sp³-hybridized carbons (Fsp3) is 0.600. The van der Waals surface area contributed by atoms with Crippen molar-refractivity contribution >= 4 is 23.0 Å². The number of Topliss-reactive ketones (excluding diaryl/α,β-unsaturated/α-hetero) is 1. The Hall–Kier alpha value is -1.49. The molecule has 0 aliphatic heterocycles. The predicted octanol–water partition coefficient (Wildman–Crippen LogP) is 2.89. The molecule has 0 spiro atoms. The SMILES string of the molecule is CC1(C)[C@@H]2CC[C@@]1(C)C(=O)[C@H]2c1nnc2ccc(Cl)nn12. The molecule has 5 nitrogen and oxygen atoms in total. The smallest absolute Gasteiger partial charge is 0.178 e. The minimum absolute atomic E-state index is 0.0147. The molecule has 3 atom stereocenters. The van der Waals surface area contributed by atoms with Crippen LogP contribution in [0, 0.1) is 16.7 Å². The fourth-order valence-electron chi connectivity index (χ4n) is 4.36. The van der Waals surface area contributed by atoms with Gasteiger partial charge in [-0.15, -0.1) is 10.2 Å². The maximum absolute atomic E-state index is 13.0. The standard InChI is InChI=1S/C15H17ClN4O/c1-14(2)8-6-7-15(14,3)12(21)11(8)13-18-17-10-5-4-9(16)19-20(10)13/h4-5,8,11H,6-7H2,1-3H3/t8-,11+,15+/m1/s1. The van der Waals surface area contributed by atoms with Gasteiger partial charge in [-0.25, -0.2) is 0 Å². The minimum atomic E-state index is -0.271. The Labute approximate surface area is 127 Å². The third kappa shape index (κ3) is 1.42. The molecule has 0 radical (unpaired) electrons. The molecule has 4 rings (SSSR count). The van der Waals surface area contributed by atoms with Gasteiger partial charge in [-0.05, 0) is 36.3 Å². The average Bonchev–Trinajstić information content (AvgIpc) is 2.97. The average molecular weight is 305 g/mol. The molecule has 0 amide bonds. The zero-order chi connectivity index (χ0) is 15.0. The molecule has 0 unspecified atom stereocenters. The molecule has 0 saturated heterocycles. The Morgan fingerprint density at radius 2 is 2.05 bits per heavy atom. The predicted molar refractivity (Wildman–Crippen MR) is 78.2 cm³/mol. The molecule has 0 aromatic carbocycles. The number of aromatic nitrogens is 4. The van der Waals surface area contributed by atoms with E-state index in [1.54, 1.807) is 16.6 Å². The van der Waals surface area contributed by atoms with Gasteiger partial charge in [0.2, 0.25) is 0 Å². The van der Waals surface area contributed by atoms with Crippen molar-refractivity contribution < 1.29 is 4.79 Å². The molecule has 21 heavy (non-hydrogen) atoms. The Morgan fingerprint density at radius 1 is 1.29 bits per heavy atom. The highest BCUT2D eigenvalue weighted by molar-refractivity contribution is 6.29. The van der Waals surface area contributed by atoms with Gasteiger partial charge in [0, 0.05) is 5.41 Å². The first kappa shape index (κ1) is 13.2. The number of rotatable bonds is 1. The van der Waals surface area contributed by atoms with Crippen molar-refractivity contribution in [1.29, 1.82) is 0 Å². The summed E-state index contributed by atoms with van der Waals surface area (Å²) >= 11 is 5.98. The van der Waals surface area contributed by atoms with Crippen LogP contribution in [-0.2, 0) is 4.79 Å². The molecule has 2 bridgehead atoms. The summed E-state index contributed by atoms with van der Waals surface area (Å²) in [6.07, 6.45) is 2.01. The second-order valence-electron chi connectivity index (χ2n) is 7.03. The van der Waals surface area contributed by atoms with Crippen molar-refractivity contribution in [1.82, 2.24) is 19.8 Å². The lowest BCUT2D eigenvalue weighted by atomic mass is 9.70. The number of fused-ring (bicyclic) bond motifs is 3. The first-order chi connectivity index (χ1) is 9.86. The van der Waals surface area contributed by atoms with Gasteiger partial charge in [0.05, 0.1) is 5.92 Å². The van der Waals surface area contributed by atoms with Crippen LogP contribution in [0.4, 0.5) is 0 Å². The van der Waals surface area contributed by atoms with E-state index in [0.29, 0.717) is 22.5 Å². The summed E-state index contributed by atoms with van der Waals surface area (Å²) < 4.78 is 1.63. The van der Waals surface area contributed by atoms with Crippen LogP contribution in [0.2, 0.25) is 5.15 Å². The van der Waals surface area contributed by atoms with Crippen LogP contribution in [0.1, 0.15) is 45.4 Å². The van der Waals surface area contributed by atoms with Crippen LogP contribution in [0.15, 0.2) is 12.1 Å². The monoisotopic (exact) mass is 304 g/mol. The largest absolute Gasteiger partial charge is 0.298 e. The zero-order valence-electron chi connectivity index (χ0n) is 12.3. The highest BCUT2D eigenvalue weighted by atomic mass is 35.5. The van der Waals surface area contributed by atoms with E-state index in [-0.39, 0.29) is 22.5 Å². The quantitative estimate of drug-likeness (QED) is 0.813. The second kappa shape index (κ2) is 3.83. The van der Waals surface area contributed by atoms with E-state index in [2.05, 4.69) is 36.1 Å². The summed E-state index contributed by atoms with van der Waals surface area (Å²) in [7, 11) is 0. The third-order valence-electron chi connectivity index (χ3n) is 6.07. The molecular weight excluding hydrogens is 288 g/mol. The second-order valence-corrected chi connectivity index (χ2v) is 7.41. The lowest BCUT2D eigenvalue weighted by Crippen LogP contribution is -2.33. The first-order valence-corrected chi connectivity index (χ1v) is 7.66. The van der Waals surface area contributed by atoms with E-state index in [1.165, 1.54) is 0 Å². The molecule has 2 heterocycles. The van der Waals surface area contributed by atoms with Gasteiger partial charge in [-0.3, -0.25) is 4.79 Å². The van der Waals surface area contributed by atoms with Gasteiger partial charge in [0.15, 0.2) is 11.5 Å². The van der Waals surface area contributed by atoms with Crippen LogP contribution in [0.5, 0.6) is 0 Å². The summed E-state index contributed by atoms with van der Waals surface area (Å²) in [6.45, 7) is 6.50. The fourth-order valence-corrected chi connectivity index (χ4v) is 4.50. The Balaban J connectivity index is 1.91. The zero-order valence-corrected chi connectivity index (χ0v) is 13.1. The van der Waals surface area contributed by atoms with Gasteiger partial charge >= 0.3 is 0 Å². The third-order valence-corrected chi connectivity index (χ3v) is 6.27. The maximum atomic E-state index is 13.0. The van der Waals surface area contributed by atoms with Crippen molar-refractivity contribution in [2.45, 2.75) is 39.5 Å². The number of halogens is 1. The van der Waals surface area contributed by atoms with Gasteiger partial charge in [-0.2, -0.15) is 9.61 Å². The number of carbonyl (C=O) groups is 1. The number of hydrogen-bond donors (Lipinski definition) is 0. The van der Waals surface area contributed by atoms with Crippen LogP contribution in [-0.4, -0.2) is 25.6 Å². The topological polar surface area (TPSA) is 60.2 Å².